The Morgan fingerprint density at radius 3 is 2.54 bits per heavy atom. The Morgan fingerprint density at radius 2 is 1.87 bits per heavy atom. The first-order chi connectivity index (χ1) is 18.6. The maximum Gasteiger partial charge on any atom is 0.419 e. The van der Waals surface area contributed by atoms with E-state index in [2.05, 4.69) is 29.8 Å². The first-order valence-corrected chi connectivity index (χ1v) is 12.5. The SMILES string of the molecule is C=CC1CCC(C)N1CCN(C(=O)Nc1ccc(F)c(C(F)(F)F)c1)c1ccc(-c2cccc(C#N)c2)cc1. The average Bonchev–Trinajstić information content (AvgIpc) is 3.28. The Labute approximate surface area is 225 Å². The third kappa shape index (κ3) is 6.47. The Balaban J connectivity index is 1.61. The summed E-state index contributed by atoms with van der Waals surface area (Å²) >= 11 is 0. The molecule has 1 aliphatic heterocycles. The van der Waals surface area contributed by atoms with Gasteiger partial charge in [-0.25, -0.2) is 9.18 Å². The Hall–Kier alpha value is -4.16. The minimum atomic E-state index is -4.89. The molecule has 3 aromatic carbocycles. The molecule has 2 atom stereocenters. The van der Waals surface area contributed by atoms with E-state index in [4.69, 9.17) is 0 Å². The molecule has 0 bridgehead atoms. The number of nitrogens with one attached hydrogen (secondary N) is 1. The molecule has 0 aliphatic carbocycles. The van der Waals surface area contributed by atoms with Crippen LogP contribution in [0.1, 0.15) is 30.9 Å². The minimum absolute atomic E-state index is 0.165. The summed E-state index contributed by atoms with van der Waals surface area (Å²) in [6.07, 6.45) is -1.05. The zero-order valence-electron chi connectivity index (χ0n) is 21.4. The molecular formula is C30H28F4N4O. The average molecular weight is 537 g/mol. The van der Waals surface area contributed by atoms with Crippen molar-refractivity contribution in [1.29, 1.82) is 5.26 Å². The second-order valence-electron chi connectivity index (χ2n) is 9.48. The van der Waals surface area contributed by atoms with Gasteiger partial charge in [-0.3, -0.25) is 9.80 Å². The molecule has 202 valence electrons. The number of rotatable bonds is 7. The minimum Gasteiger partial charge on any atom is -0.308 e. The summed E-state index contributed by atoms with van der Waals surface area (Å²) in [7, 11) is 0. The first-order valence-electron chi connectivity index (χ1n) is 12.5. The van der Waals surface area contributed by atoms with Crippen LogP contribution in [-0.2, 0) is 6.18 Å². The normalized spacial score (nSPS) is 17.4. The number of likely N-dealkylation sites (tertiary alicyclic amines) is 1. The van der Waals surface area contributed by atoms with Gasteiger partial charge in [-0.15, -0.1) is 6.58 Å². The number of hydrogen-bond donors (Lipinski definition) is 1. The highest BCUT2D eigenvalue weighted by Gasteiger charge is 2.34. The van der Waals surface area contributed by atoms with E-state index in [0.717, 1.165) is 30.0 Å². The van der Waals surface area contributed by atoms with Crippen molar-refractivity contribution in [3.05, 3.63) is 96.3 Å². The van der Waals surface area contributed by atoms with Gasteiger partial charge in [0.15, 0.2) is 0 Å². The van der Waals surface area contributed by atoms with Crippen molar-refractivity contribution in [2.45, 2.75) is 38.0 Å². The fraction of sp³-hybridized carbons (Fsp3) is 0.267. The second kappa shape index (κ2) is 11.7. The summed E-state index contributed by atoms with van der Waals surface area (Å²) in [6, 6.07) is 18.6. The lowest BCUT2D eigenvalue weighted by atomic mass is 10.0. The number of benzene rings is 3. The largest absolute Gasteiger partial charge is 0.419 e. The van der Waals surface area contributed by atoms with Crippen LogP contribution in [0.25, 0.3) is 11.1 Å². The third-order valence-corrected chi connectivity index (χ3v) is 7.00. The van der Waals surface area contributed by atoms with E-state index in [-0.39, 0.29) is 18.3 Å². The molecule has 0 radical (unpaired) electrons. The quantitative estimate of drug-likeness (QED) is 0.252. The summed E-state index contributed by atoms with van der Waals surface area (Å²) in [5.41, 5.74) is 1.11. The van der Waals surface area contributed by atoms with Crippen LogP contribution >= 0.6 is 0 Å². The number of nitriles is 1. The molecule has 0 aromatic heterocycles. The number of nitrogens with zero attached hydrogens (tertiary/aromatic N) is 3. The maximum atomic E-state index is 13.8. The number of carbonyl (C=O) groups is 1. The predicted molar refractivity (Wildman–Crippen MR) is 144 cm³/mol. The number of anilines is 2. The molecule has 1 saturated heterocycles. The maximum absolute atomic E-state index is 13.8. The van der Waals surface area contributed by atoms with Gasteiger partial charge in [-0.1, -0.05) is 30.3 Å². The topological polar surface area (TPSA) is 59.4 Å². The molecular weight excluding hydrogens is 508 g/mol. The third-order valence-electron chi connectivity index (χ3n) is 7.00. The van der Waals surface area contributed by atoms with Crippen LogP contribution in [0.3, 0.4) is 0 Å². The van der Waals surface area contributed by atoms with Gasteiger partial charge in [-0.05, 0) is 73.4 Å². The number of alkyl halides is 3. The zero-order chi connectivity index (χ0) is 28.2. The molecule has 0 saturated carbocycles. The van der Waals surface area contributed by atoms with E-state index in [0.29, 0.717) is 36.0 Å². The smallest absolute Gasteiger partial charge is 0.308 e. The highest BCUT2D eigenvalue weighted by Crippen LogP contribution is 2.33. The van der Waals surface area contributed by atoms with Crippen molar-refractivity contribution >= 4 is 17.4 Å². The van der Waals surface area contributed by atoms with Gasteiger partial charge < -0.3 is 5.32 Å². The van der Waals surface area contributed by atoms with Crippen molar-refractivity contribution in [2.75, 3.05) is 23.3 Å². The summed E-state index contributed by atoms with van der Waals surface area (Å²) in [6.45, 7) is 6.80. The van der Waals surface area contributed by atoms with Crippen molar-refractivity contribution in [1.82, 2.24) is 4.90 Å². The Morgan fingerprint density at radius 1 is 1.13 bits per heavy atom. The van der Waals surface area contributed by atoms with Crippen LogP contribution in [0.2, 0.25) is 0 Å². The van der Waals surface area contributed by atoms with Crippen LogP contribution < -0.4 is 10.2 Å². The molecule has 1 N–H and O–H groups in total. The second-order valence-corrected chi connectivity index (χ2v) is 9.48. The number of hydrogen-bond acceptors (Lipinski definition) is 3. The summed E-state index contributed by atoms with van der Waals surface area (Å²) in [4.78, 5) is 17.1. The molecule has 4 rings (SSSR count). The Kier molecular flexibility index (Phi) is 8.36. The molecule has 2 amide bonds. The molecule has 5 nitrogen and oxygen atoms in total. The lowest BCUT2D eigenvalue weighted by molar-refractivity contribution is -0.139. The molecule has 3 aromatic rings. The molecule has 1 aliphatic rings. The lowest BCUT2D eigenvalue weighted by Gasteiger charge is -2.30. The van der Waals surface area contributed by atoms with Crippen LogP contribution in [0, 0.1) is 17.1 Å². The van der Waals surface area contributed by atoms with Gasteiger partial charge in [0, 0.05) is 36.5 Å². The van der Waals surface area contributed by atoms with Crippen LogP contribution in [0.5, 0.6) is 0 Å². The highest BCUT2D eigenvalue weighted by atomic mass is 19.4. The molecule has 0 spiro atoms. The first kappa shape index (κ1) is 27.9. The van der Waals surface area contributed by atoms with Crippen molar-refractivity contribution in [2.24, 2.45) is 0 Å². The van der Waals surface area contributed by atoms with Gasteiger partial charge in [0.05, 0.1) is 17.2 Å². The van der Waals surface area contributed by atoms with Gasteiger partial charge in [0.1, 0.15) is 5.82 Å². The molecule has 1 heterocycles. The number of amides is 2. The fourth-order valence-electron chi connectivity index (χ4n) is 4.89. The van der Waals surface area contributed by atoms with Gasteiger partial charge in [-0.2, -0.15) is 18.4 Å². The van der Waals surface area contributed by atoms with E-state index >= 15 is 0 Å². The fourth-order valence-corrected chi connectivity index (χ4v) is 4.89. The Bertz CT molecular complexity index is 1380. The molecule has 39 heavy (non-hydrogen) atoms. The summed E-state index contributed by atoms with van der Waals surface area (Å²) in [5, 5.41) is 11.7. The van der Waals surface area contributed by atoms with Crippen molar-refractivity contribution in [3.8, 4) is 17.2 Å². The van der Waals surface area contributed by atoms with Crippen LogP contribution in [-0.4, -0.2) is 36.1 Å². The van der Waals surface area contributed by atoms with Crippen LogP contribution in [0.4, 0.5) is 33.7 Å². The summed E-state index contributed by atoms with van der Waals surface area (Å²) in [5.74, 6) is -1.41. The number of urea groups is 1. The number of carbonyl (C=O) groups excluding carboxylic acids is 1. The molecule has 1 fully saturated rings. The standard InChI is InChI=1S/C30H28F4N4O/c1-3-25-11-7-20(2)37(25)15-16-38(29(39)36-24-10-14-28(31)27(18-24)30(32,33)34)26-12-8-22(9-13-26)23-6-4-5-21(17-23)19-35/h3-6,8-10,12-14,17-18,20,25H,1,7,11,15-16H2,2H3,(H,36,39). The lowest BCUT2D eigenvalue weighted by Crippen LogP contribution is -2.44. The molecule has 2 unspecified atom stereocenters. The number of halogens is 4. The van der Waals surface area contributed by atoms with E-state index in [1.165, 1.54) is 4.90 Å². The van der Waals surface area contributed by atoms with Crippen LogP contribution in [0.15, 0.2) is 79.4 Å². The van der Waals surface area contributed by atoms with E-state index in [1.807, 2.05) is 24.3 Å². The highest BCUT2D eigenvalue weighted by molar-refractivity contribution is 6.02. The van der Waals surface area contributed by atoms with Gasteiger partial charge in [0.25, 0.3) is 0 Å². The predicted octanol–water partition coefficient (Wildman–Crippen LogP) is 7.46. The van der Waals surface area contributed by atoms with E-state index in [9.17, 15) is 27.6 Å². The van der Waals surface area contributed by atoms with E-state index in [1.54, 1.807) is 30.3 Å². The monoisotopic (exact) mass is 536 g/mol. The zero-order valence-corrected chi connectivity index (χ0v) is 21.4. The van der Waals surface area contributed by atoms with Gasteiger partial charge in [0.2, 0.25) is 0 Å². The van der Waals surface area contributed by atoms with Crippen molar-refractivity contribution < 1.29 is 22.4 Å². The van der Waals surface area contributed by atoms with Gasteiger partial charge >= 0.3 is 12.2 Å². The van der Waals surface area contributed by atoms with E-state index < -0.39 is 23.6 Å². The van der Waals surface area contributed by atoms with Crippen molar-refractivity contribution in [3.63, 3.8) is 0 Å². The molecule has 9 heteroatoms. The summed E-state index contributed by atoms with van der Waals surface area (Å²) < 4.78 is 53.4.